The third-order valence-electron chi connectivity index (χ3n) is 2.27. The summed E-state index contributed by atoms with van der Waals surface area (Å²) in [5.74, 6) is 0. The fraction of sp³-hybridized carbons (Fsp3) is 0.250. The van der Waals surface area contributed by atoms with Crippen molar-refractivity contribution in [3.63, 3.8) is 0 Å². The second kappa shape index (κ2) is 4.45. The molecule has 0 saturated carbocycles. The second-order valence-corrected chi connectivity index (χ2v) is 5.49. The average Bonchev–Trinajstić information content (AvgIpc) is 2.60. The van der Waals surface area contributed by atoms with Crippen molar-refractivity contribution in [1.29, 1.82) is 0 Å². The van der Waals surface area contributed by atoms with Crippen LogP contribution in [0.25, 0.3) is 11.3 Å². The van der Waals surface area contributed by atoms with Crippen LogP contribution in [0.5, 0.6) is 0 Å². The van der Waals surface area contributed by atoms with Crippen molar-refractivity contribution >= 4 is 27.3 Å². The van der Waals surface area contributed by atoms with E-state index in [2.05, 4.69) is 46.9 Å². The first-order chi connectivity index (χ1) is 7.22. The number of rotatable bonds is 2. The summed E-state index contributed by atoms with van der Waals surface area (Å²) < 4.78 is 1.11. The molecule has 0 atom stereocenters. The molecule has 1 nitrogen and oxygen atoms in total. The number of thiazole rings is 1. The fourth-order valence-corrected chi connectivity index (χ4v) is 2.87. The molecule has 0 unspecified atom stereocenters. The molecule has 0 N–H and O–H groups in total. The van der Waals surface area contributed by atoms with E-state index >= 15 is 0 Å². The topological polar surface area (TPSA) is 12.9 Å². The van der Waals surface area contributed by atoms with Gasteiger partial charge in [-0.3, -0.25) is 0 Å². The summed E-state index contributed by atoms with van der Waals surface area (Å²) >= 11 is 5.35. The van der Waals surface area contributed by atoms with E-state index in [1.54, 1.807) is 11.3 Å². The zero-order valence-electron chi connectivity index (χ0n) is 8.75. The summed E-state index contributed by atoms with van der Waals surface area (Å²) in [6.07, 6.45) is 1.01. The van der Waals surface area contributed by atoms with Gasteiger partial charge in [0.25, 0.3) is 0 Å². The number of hydrogen-bond donors (Lipinski definition) is 0. The Hall–Kier alpha value is -0.670. The highest BCUT2D eigenvalue weighted by Gasteiger charge is 2.10. The Kier molecular flexibility index (Phi) is 3.22. The Labute approximate surface area is 102 Å². The monoisotopic (exact) mass is 281 g/mol. The largest absolute Gasteiger partial charge is 0.241 e. The Morgan fingerprint density at radius 3 is 2.67 bits per heavy atom. The highest BCUT2D eigenvalue weighted by Crippen LogP contribution is 2.32. The van der Waals surface area contributed by atoms with Gasteiger partial charge in [0.2, 0.25) is 0 Å². The molecule has 0 radical (unpaired) electrons. The van der Waals surface area contributed by atoms with Crippen LogP contribution in [0, 0.1) is 6.92 Å². The first-order valence-corrected chi connectivity index (χ1v) is 6.54. The summed E-state index contributed by atoms with van der Waals surface area (Å²) in [5, 5.41) is 1.21. The molecule has 0 bridgehead atoms. The standard InChI is InChI=1S/C12H12BrNS/c1-3-11-14-12(8(2)15-11)9-6-4-5-7-10(9)13/h4-7H,3H2,1-2H3. The molecule has 0 spiro atoms. The van der Waals surface area contributed by atoms with E-state index in [9.17, 15) is 0 Å². The second-order valence-electron chi connectivity index (χ2n) is 3.35. The molecule has 15 heavy (non-hydrogen) atoms. The Morgan fingerprint density at radius 1 is 1.33 bits per heavy atom. The van der Waals surface area contributed by atoms with Crippen LogP contribution < -0.4 is 0 Å². The Bertz CT molecular complexity index is 476. The molecule has 1 aromatic carbocycles. The summed E-state index contributed by atoms with van der Waals surface area (Å²) in [6.45, 7) is 4.27. The number of halogens is 1. The molecule has 2 aromatic rings. The van der Waals surface area contributed by atoms with Crippen LogP contribution in [0.2, 0.25) is 0 Å². The fourth-order valence-electron chi connectivity index (χ4n) is 1.51. The van der Waals surface area contributed by atoms with E-state index in [1.165, 1.54) is 15.4 Å². The summed E-state index contributed by atoms with van der Waals surface area (Å²) in [6, 6.07) is 8.23. The highest BCUT2D eigenvalue weighted by atomic mass is 79.9. The molecule has 0 aliphatic rings. The van der Waals surface area contributed by atoms with Crippen LogP contribution in [-0.4, -0.2) is 4.98 Å². The quantitative estimate of drug-likeness (QED) is 0.793. The van der Waals surface area contributed by atoms with Gasteiger partial charge in [-0.05, 0) is 19.4 Å². The van der Waals surface area contributed by atoms with Crippen LogP contribution in [-0.2, 0) is 6.42 Å². The SMILES string of the molecule is CCc1nc(-c2ccccc2Br)c(C)s1. The minimum atomic E-state index is 1.01. The maximum Gasteiger partial charge on any atom is 0.0932 e. The van der Waals surface area contributed by atoms with Crippen LogP contribution in [0.3, 0.4) is 0 Å². The molecule has 1 aromatic heterocycles. The van der Waals surface area contributed by atoms with Gasteiger partial charge in [0.15, 0.2) is 0 Å². The first-order valence-electron chi connectivity index (χ1n) is 4.93. The van der Waals surface area contributed by atoms with Gasteiger partial charge in [0.05, 0.1) is 10.7 Å². The van der Waals surface area contributed by atoms with E-state index < -0.39 is 0 Å². The molecule has 78 valence electrons. The predicted molar refractivity (Wildman–Crippen MR) is 69.4 cm³/mol. The van der Waals surface area contributed by atoms with Crippen molar-refractivity contribution in [2.24, 2.45) is 0 Å². The molecule has 3 heteroatoms. The van der Waals surface area contributed by atoms with E-state index in [0.29, 0.717) is 0 Å². The van der Waals surface area contributed by atoms with E-state index in [-0.39, 0.29) is 0 Å². The van der Waals surface area contributed by atoms with E-state index in [0.717, 1.165) is 16.6 Å². The van der Waals surface area contributed by atoms with Gasteiger partial charge in [0.1, 0.15) is 0 Å². The van der Waals surface area contributed by atoms with Crippen LogP contribution in [0.4, 0.5) is 0 Å². The zero-order chi connectivity index (χ0) is 10.8. The van der Waals surface area contributed by atoms with Crippen molar-refractivity contribution < 1.29 is 0 Å². The molecular formula is C12H12BrNS. The minimum absolute atomic E-state index is 1.01. The lowest BCUT2D eigenvalue weighted by molar-refractivity contribution is 1.09. The van der Waals surface area contributed by atoms with Crippen LogP contribution in [0.1, 0.15) is 16.8 Å². The van der Waals surface area contributed by atoms with Crippen LogP contribution >= 0.6 is 27.3 Å². The third-order valence-corrected chi connectivity index (χ3v) is 4.08. The number of aromatic nitrogens is 1. The van der Waals surface area contributed by atoms with Gasteiger partial charge in [-0.25, -0.2) is 4.98 Å². The maximum absolute atomic E-state index is 4.65. The summed E-state index contributed by atoms with van der Waals surface area (Å²) in [4.78, 5) is 5.94. The van der Waals surface area contributed by atoms with Crippen molar-refractivity contribution in [2.45, 2.75) is 20.3 Å². The van der Waals surface area contributed by atoms with Gasteiger partial charge < -0.3 is 0 Å². The molecule has 1 heterocycles. The van der Waals surface area contributed by atoms with Crippen molar-refractivity contribution in [3.05, 3.63) is 38.6 Å². The van der Waals surface area contributed by atoms with Crippen LogP contribution in [0.15, 0.2) is 28.7 Å². The molecule has 0 fully saturated rings. The highest BCUT2D eigenvalue weighted by molar-refractivity contribution is 9.10. The molecule has 0 aliphatic carbocycles. The Balaban J connectivity index is 2.54. The zero-order valence-corrected chi connectivity index (χ0v) is 11.2. The predicted octanol–water partition coefficient (Wildman–Crippen LogP) is 4.44. The van der Waals surface area contributed by atoms with Gasteiger partial charge in [-0.15, -0.1) is 11.3 Å². The molecule has 0 aliphatic heterocycles. The van der Waals surface area contributed by atoms with Gasteiger partial charge in [0, 0.05) is 14.9 Å². The minimum Gasteiger partial charge on any atom is -0.241 e. The molecule has 0 saturated heterocycles. The average molecular weight is 282 g/mol. The van der Waals surface area contributed by atoms with Gasteiger partial charge in [-0.2, -0.15) is 0 Å². The smallest absolute Gasteiger partial charge is 0.0932 e. The molecule has 0 amide bonds. The number of nitrogens with zero attached hydrogens (tertiary/aromatic N) is 1. The molecular weight excluding hydrogens is 270 g/mol. The lowest BCUT2D eigenvalue weighted by Crippen LogP contribution is -1.83. The third kappa shape index (κ3) is 2.13. The number of aryl methyl sites for hydroxylation is 2. The maximum atomic E-state index is 4.65. The van der Waals surface area contributed by atoms with E-state index in [1.807, 2.05) is 12.1 Å². The van der Waals surface area contributed by atoms with Gasteiger partial charge in [-0.1, -0.05) is 41.1 Å². The lowest BCUT2D eigenvalue weighted by Gasteiger charge is -2.01. The lowest BCUT2D eigenvalue weighted by atomic mass is 10.1. The number of benzene rings is 1. The first kappa shape index (κ1) is 10.8. The normalized spacial score (nSPS) is 10.6. The Morgan fingerprint density at radius 2 is 2.07 bits per heavy atom. The van der Waals surface area contributed by atoms with E-state index in [4.69, 9.17) is 0 Å². The van der Waals surface area contributed by atoms with Crippen molar-refractivity contribution in [2.75, 3.05) is 0 Å². The molecule has 2 rings (SSSR count). The summed E-state index contributed by atoms with van der Waals surface area (Å²) in [5.41, 5.74) is 2.30. The van der Waals surface area contributed by atoms with Crippen molar-refractivity contribution in [1.82, 2.24) is 4.98 Å². The van der Waals surface area contributed by atoms with Gasteiger partial charge >= 0.3 is 0 Å². The van der Waals surface area contributed by atoms with Crippen molar-refractivity contribution in [3.8, 4) is 11.3 Å². The number of hydrogen-bond acceptors (Lipinski definition) is 2. The summed E-state index contributed by atoms with van der Waals surface area (Å²) in [7, 11) is 0.